The van der Waals surface area contributed by atoms with Crippen LogP contribution >= 0.6 is 11.6 Å². The molecule has 23 heavy (non-hydrogen) atoms. The molecule has 7 heteroatoms. The molecule has 1 fully saturated rings. The van der Waals surface area contributed by atoms with Crippen LogP contribution in [0.2, 0.25) is 5.02 Å². The number of rotatable bonds is 6. The molecule has 0 radical (unpaired) electrons. The lowest BCUT2D eigenvalue weighted by Crippen LogP contribution is -2.22. The van der Waals surface area contributed by atoms with Gasteiger partial charge in [0.15, 0.2) is 6.29 Å². The van der Waals surface area contributed by atoms with Crippen LogP contribution in [0, 0.1) is 0 Å². The maximum atomic E-state index is 10.2. The highest BCUT2D eigenvalue weighted by Crippen LogP contribution is 2.18. The predicted molar refractivity (Wildman–Crippen MR) is 84.8 cm³/mol. The summed E-state index contributed by atoms with van der Waals surface area (Å²) in [5, 5.41) is 19.0. The average molecular weight is 338 g/mol. The van der Waals surface area contributed by atoms with Gasteiger partial charge in [0.25, 0.3) is 0 Å². The van der Waals surface area contributed by atoms with Crippen molar-refractivity contribution in [3.63, 3.8) is 0 Å². The van der Waals surface area contributed by atoms with Crippen molar-refractivity contribution in [3.05, 3.63) is 46.7 Å². The SMILES string of the molecule is O[C@H](Cn1cc(COC2CCCCO2)nn1)c1ccc(Cl)cc1. The largest absolute Gasteiger partial charge is 0.386 e. The van der Waals surface area contributed by atoms with E-state index in [1.807, 2.05) is 0 Å². The van der Waals surface area contributed by atoms with Crippen LogP contribution in [-0.4, -0.2) is 33.0 Å². The molecule has 6 nitrogen and oxygen atoms in total. The highest BCUT2D eigenvalue weighted by molar-refractivity contribution is 6.30. The van der Waals surface area contributed by atoms with Gasteiger partial charge in [-0.3, -0.25) is 0 Å². The summed E-state index contributed by atoms with van der Waals surface area (Å²) in [6.45, 7) is 1.45. The Kier molecular flexibility index (Phi) is 5.61. The molecule has 1 aliphatic rings. The number of aliphatic hydroxyl groups excluding tert-OH is 1. The maximum absolute atomic E-state index is 10.2. The summed E-state index contributed by atoms with van der Waals surface area (Å²) in [7, 11) is 0. The normalized spacial score (nSPS) is 19.7. The highest BCUT2D eigenvalue weighted by atomic mass is 35.5. The molecule has 3 rings (SSSR count). The molecule has 1 unspecified atom stereocenters. The van der Waals surface area contributed by atoms with Crippen LogP contribution in [0.4, 0.5) is 0 Å². The third-order valence-corrected chi connectivity index (χ3v) is 4.01. The molecular formula is C16H20ClN3O3. The van der Waals surface area contributed by atoms with Gasteiger partial charge in [0.1, 0.15) is 5.69 Å². The summed E-state index contributed by atoms with van der Waals surface area (Å²) in [6.07, 6.45) is 4.12. The van der Waals surface area contributed by atoms with E-state index in [0.29, 0.717) is 18.2 Å². The Hall–Kier alpha value is -1.47. The van der Waals surface area contributed by atoms with Gasteiger partial charge in [-0.2, -0.15) is 0 Å². The number of ether oxygens (including phenoxy) is 2. The number of hydrogen-bond acceptors (Lipinski definition) is 5. The first-order valence-electron chi connectivity index (χ1n) is 7.76. The fourth-order valence-corrected chi connectivity index (χ4v) is 2.61. The van der Waals surface area contributed by atoms with Crippen molar-refractivity contribution in [2.45, 2.75) is 44.8 Å². The number of nitrogens with zero attached hydrogens (tertiary/aromatic N) is 3. The first-order chi connectivity index (χ1) is 11.2. The summed E-state index contributed by atoms with van der Waals surface area (Å²) in [4.78, 5) is 0. The maximum Gasteiger partial charge on any atom is 0.158 e. The molecule has 1 aromatic heterocycles. The van der Waals surface area contributed by atoms with Gasteiger partial charge in [-0.05, 0) is 37.0 Å². The molecule has 1 aromatic carbocycles. The van der Waals surface area contributed by atoms with Gasteiger partial charge in [-0.15, -0.1) is 5.10 Å². The fourth-order valence-electron chi connectivity index (χ4n) is 2.48. The van der Waals surface area contributed by atoms with Crippen LogP contribution in [0.5, 0.6) is 0 Å². The van der Waals surface area contributed by atoms with Gasteiger partial charge in [-0.25, -0.2) is 4.68 Å². The van der Waals surface area contributed by atoms with Gasteiger partial charge in [0.2, 0.25) is 0 Å². The molecule has 124 valence electrons. The average Bonchev–Trinajstić information content (AvgIpc) is 3.02. The van der Waals surface area contributed by atoms with Crippen LogP contribution in [0.25, 0.3) is 0 Å². The topological polar surface area (TPSA) is 69.4 Å². The second kappa shape index (κ2) is 7.88. The van der Waals surface area contributed by atoms with Crippen LogP contribution < -0.4 is 0 Å². The summed E-state index contributed by atoms with van der Waals surface area (Å²) in [5.74, 6) is 0. The smallest absolute Gasteiger partial charge is 0.158 e. The van der Waals surface area contributed by atoms with E-state index in [-0.39, 0.29) is 6.29 Å². The molecule has 1 saturated heterocycles. The molecule has 2 heterocycles. The molecule has 0 aliphatic carbocycles. The minimum Gasteiger partial charge on any atom is -0.386 e. The number of benzene rings is 1. The van der Waals surface area contributed by atoms with E-state index in [1.54, 1.807) is 35.1 Å². The van der Waals surface area contributed by atoms with Gasteiger partial charge >= 0.3 is 0 Å². The van der Waals surface area contributed by atoms with Crippen LogP contribution in [0.3, 0.4) is 0 Å². The van der Waals surface area contributed by atoms with Crippen LogP contribution in [-0.2, 0) is 22.6 Å². The third-order valence-electron chi connectivity index (χ3n) is 3.76. The van der Waals surface area contributed by atoms with E-state index in [1.165, 1.54) is 0 Å². The molecule has 1 N–H and O–H groups in total. The lowest BCUT2D eigenvalue weighted by atomic mass is 10.1. The minimum absolute atomic E-state index is 0.145. The molecular weight excluding hydrogens is 318 g/mol. The zero-order valence-corrected chi connectivity index (χ0v) is 13.5. The van der Waals surface area contributed by atoms with Crippen molar-refractivity contribution in [1.82, 2.24) is 15.0 Å². The molecule has 0 amide bonds. The Bertz CT molecular complexity index is 611. The zero-order valence-electron chi connectivity index (χ0n) is 12.8. The van der Waals surface area contributed by atoms with E-state index >= 15 is 0 Å². The van der Waals surface area contributed by atoms with E-state index in [4.69, 9.17) is 21.1 Å². The summed E-state index contributed by atoms with van der Waals surface area (Å²) in [6, 6.07) is 7.11. The second-order valence-electron chi connectivity index (χ2n) is 5.61. The first kappa shape index (κ1) is 16.4. The fraction of sp³-hybridized carbons (Fsp3) is 0.500. The lowest BCUT2D eigenvalue weighted by molar-refractivity contribution is -0.169. The zero-order chi connectivity index (χ0) is 16.1. The third kappa shape index (κ3) is 4.75. The summed E-state index contributed by atoms with van der Waals surface area (Å²) in [5.41, 5.74) is 1.51. The quantitative estimate of drug-likeness (QED) is 0.877. The summed E-state index contributed by atoms with van der Waals surface area (Å²) < 4.78 is 12.8. The van der Waals surface area contributed by atoms with E-state index in [0.717, 1.165) is 37.1 Å². The summed E-state index contributed by atoms with van der Waals surface area (Å²) >= 11 is 5.85. The van der Waals surface area contributed by atoms with Gasteiger partial charge in [0, 0.05) is 11.6 Å². The molecule has 1 aliphatic heterocycles. The molecule has 2 aromatic rings. The number of aromatic nitrogens is 3. The van der Waals surface area contributed by atoms with Crippen LogP contribution in [0.15, 0.2) is 30.5 Å². The van der Waals surface area contributed by atoms with E-state index in [2.05, 4.69) is 10.3 Å². The predicted octanol–water partition coefficient (Wildman–Crippen LogP) is 2.71. The lowest BCUT2D eigenvalue weighted by Gasteiger charge is -2.22. The van der Waals surface area contributed by atoms with Crippen molar-refractivity contribution in [3.8, 4) is 0 Å². The van der Waals surface area contributed by atoms with E-state index < -0.39 is 6.10 Å². The van der Waals surface area contributed by atoms with Crippen molar-refractivity contribution in [1.29, 1.82) is 0 Å². The Labute approximate surface area is 140 Å². The molecule has 2 atom stereocenters. The first-order valence-corrected chi connectivity index (χ1v) is 8.14. The standard InChI is InChI=1S/C16H20ClN3O3/c17-13-6-4-12(5-7-13)15(21)10-20-9-14(18-19-20)11-23-16-3-1-2-8-22-16/h4-7,9,15-16,21H,1-3,8,10-11H2/t15-,16?/m1/s1. The Balaban J connectivity index is 1.51. The van der Waals surface area contributed by atoms with Gasteiger partial charge < -0.3 is 14.6 Å². The Morgan fingerprint density at radius 2 is 2.17 bits per heavy atom. The molecule has 0 saturated carbocycles. The van der Waals surface area contributed by atoms with Crippen molar-refractivity contribution in [2.75, 3.05) is 6.61 Å². The highest BCUT2D eigenvalue weighted by Gasteiger charge is 2.15. The number of aliphatic hydroxyl groups is 1. The Morgan fingerprint density at radius 3 is 2.91 bits per heavy atom. The van der Waals surface area contributed by atoms with Crippen molar-refractivity contribution >= 4 is 11.6 Å². The molecule has 0 bridgehead atoms. The monoisotopic (exact) mass is 337 g/mol. The Morgan fingerprint density at radius 1 is 1.35 bits per heavy atom. The minimum atomic E-state index is -0.663. The van der Waals surface area contributed by atoms with Crippen LogP contribution in [0.1, 0.15) is 36.6 Å². The van der Waals surface area contributed by atoms with Crippen molar-refractivity contribution < 1.29 is 14.6 Å². The number of halogens is 1. The van der Waals surface area contributed by atoms with Crippen molar-refractivity contribution in [2.24, 2.45) is 0 Å². The second-order valence-corrected chi connectivity index (χ2v) is 6.04. The van der Waals surface area contributed by atoms with E-state index in [9.17, 15) is 5.11 Å². The number of hydrogen-bond donors (Lipinski definition) is 1. The molecule has 0 spiro atoms. The van der Waals surface area contributed by atoms with Gasteiger partial charge in [0.05, 0.1) is 25.5 Å². The van der Waals surface area contributed by atoms with Gasteiger partial charge in [-0.1, -0.05) is 28.9 Å².